The topological polar surface area (TPSA) is 52.4 Å². The van der Waals surface area contributed by atoms with E-state index in [1.165, 1.54) is 7.11 Å². The summed E-state index contributed by atoms with van der Waals surface area (Å²) in [4.78, 5) is 10.6. The van der Waals surface area contributed by atoms with Gasteiger partial charge >= 0.3 is 5.69 Å². The Labute approximate surface area is 118 Å². The van der Waals surface area contributed by atoms with Gasteiger partial charge in [-0.3, -0.25) is 10.1 Å². The molecule has 2 unspecified atom stereocenters. The van der Waals surface area contributed by atoms with Gasteiger partial charge in [0.2, 0.25) is 0 Å². The lowest BCUT2D eigenvalue weighted by molar-refractivity contribution is -0.385. The molecule has 4 nitrogen and oxygen atoms in total. The molecule has 2 atom stereocenters. The summed E-state index contributed by atoms with van der Waals surface area (Å²) < 4.78 is 4.99. The minimum atomic E-state index is -0.420. The van der Waals surface area contributed by atoms with Crippen LogP contribution in [0.1, 0.15) is 26.3 Å². The second-order valence-corrected chi connectivity index (χ2v) is 5.74. The summed E-state index contributed by atoms with van der Waals surface area (Å²) in [7, 11) is 1.43. The van der Waals surface area contributed by atoms with Crippen molar-refractivity contribution in [2.24, 2.45) is 11.8 Å². The monoisotopic (exact) mass is 285 g/mol. The third-order valence-corrected chi connectivity index (χ3v) is 3.68. The van der Waals surface area contributed by atoms with Crippen molar-refractivity contribution in [3.05, 3.63) is 33.9 Å². The molecule has 0 aliphatic carbocycles. The second-order valence-electron chi connectivity index (χ2n) is 5.05. The number of hydrogen-bond donors (Lipinski definition) is 0. The van der Waals surface area contributed by atoms with Gasteiger partial charge in [0.15, 0.2) is 5.75 Å². The summed E-state index contributed by atoms with van der Waals surface area (Å²) >= 11 is 6.19. The lowest BCUT2D eigenvalue weighted by Gasteiger charge is -2.23. The van der Waals surface area contributed by atoms with Crippen molar-refractivity contribution in [1.29, 1.82) is 0 Å². The van der Waals surface area contributed by atoms with E-state index in [0.29, 0.717) is 5.92 Å². The fourth-order valence-corrected chi connectivity index (χ4v) is 2.59. The Morgan fingerprint density at radius 3 is 2.42 bits per heavy atom. The van der Waals surface area contributed by atoms with Crippen LogP contribution in [-0.2, 0) is 6.42 Å². The van der Waals surface area contributed by atoms with E-state index in [1.807, 2.05) is 13.0 Å². The lowest BCUT2D eigenvalue weighted by atomic mass is 9.87. The molecule has 0 bridgehead atoms. The number of methoxy groups -OCH3 is 1. The molecule has 0 radical (unpaired) electrons. The fourth-order valence-electron chi connectivity index (χ4n) is 2.21. The Bertz CT molecular complexity index is 438. The Morgan fingerprint density at radius 1 is 1.37 bits per heavy atom. The highest BCUT2D eigenvalue weighted by Gasteiger charge is 2.22. The number of alkyl halides is 1. The van der Waals surface area contributed by atoms with Crippen molar-refractivity contribution in [2.45, 2.75) is 32.6 Å². The van der Waals surface area contributed by atoms with Gasteiger partial charge in [-0.2, -0.15) is 0 Å². The molecule has 19 heavy (non-hydrogen) atoms. The van der Waals surface area contributed by atoms with Gasteiger partial charge in [0, 0.05) is 11.4 Å². The molecule has 106 valence electrons. The molecule has 0 fully saturated rings. The van der Waals surface area contributed by atoms with E-state index in [2.05, 4.69) is 13.8 Å². The highest BCUT2D eigenvalue weighted by molar-refractivity contribution is 6.20. The first-order chi connectivity index (χ1) is 8.86. The smallest absolute Gasteiger partial charge is 0.311 e. The van der Waals surface area contributed by atoms with E-state index in [9.17, 15) is 10.1 Å². The summed E-state index contributed by atoms with van der Waals surface area (Å²) in [6, 6.07) is 5.08. The van der Waals surface area contributed by atoms with Crippen LogP contribution in [0.3, 0.4) is 0 Å². The van der Waals surface area contributed by atoms with Crippen molar-refractivity contribution < 1.29 is 9.66 Å². The molecule has 1 rings (SSSR count). The quantitative estimate of drug-likeness (QED) is 0.450. The van der Waals surface area contributed by atoms with Crippen molar-refractivity contribution in [1.82, 2.24) is 0 Å². The summed E-state index contributed by atoms with van der Waals surface area (Å²) in [5.41, 5.74) is 0.920. The van der Waals surface area contributed by atoms with E-state index in [0.717, 1.165) is 12.0 Å². The summed E-state index contributed by atoms with van der Waals surface area (Å²) in [5.74, 6) is 0.997. The molecule has 0 amide bonds. The van der Waals surface area contributed by atoms with Crippen LogP contribution in [0.4, 0.5) is 5.69 Å². The van der Waals surface area contributed by atoms with Crippen molar-refractivity contribution in [2.75, 3.05) is 7.11 Å². The minimum Gasteiger partial charge on any atom is -0.490 e. The number of hydrogen-bond acceptors (Lipinski definition) is 3. The predicted molar refractivity (Wildman–Crippen MR) is 77.0 cm³/mol. The number of nitro groups is 1. The standard InChI is InChI=1S/C14H20ClNO3/c1-9(2)12(10(3)15)7-11-5-6-14(19-4)13(8-11)16(17)18/h5-6,8-10,12H,7H2,1-4H3. The van der Waals surface area contributed by atoms with Gasteiger partial charge in [0.05, 0.1) is 12.0 Å². The molecule has 0 aromatic heterocycles. The van der Waals surface area contributed by atoms with Crippen molar-refractivity contribution in [3.8, 4) is 5.75 Å². The van der Waals surface area contributed by atoms with Crippen LogP contribution in [-0.4, -0.2) is 17.4 Å². The van der Waals surface area contributed by atoms with E-state index < -0.39 is 4.92 Å². The predicted octanol–water partition coefficient (Wildman–Crippen LogP) is 4.05. The molecule has 5 heteroatoms. The summed E-state index contributed by atoms with van der Waals surface area (Å²) in [6.07, 6.45) is 0.729. The number of halogens is 1. The number of benzene rings is 1. The van der Waals surface area contributed by atoms with Gasteiger partial charge in [0.25, 0.3) is 0 Å². The zero-order valence-corrected chi connectivity index (χ0v) is 12.5. The van der Waals surface area contributed by atoms with Gasteiger partial charge in [-0.25, -0.2) is 0 Å². The first-order valence-corrected chi connectivity index (χ1v) is 6.75. The maximum atomic E-state index is 11.0. The van der Waals surface area contributed by atoms with E-state index in [1.54, 1.807) is 12.1 Å². The average molecular weight is 286 g/mol. The lowest BCUT2D eigenvalue weighted by Crippen LogP contribution is -2.20. The zero-order chi connectivity index (χ0) is 14.6. The largest absolute Gasteiger partial charge is 0.490 e. The molecule has 0 saturated heterocycles. The molecule has 0 heterocycles. The molecule has 0 aliphatic rings. The molecule has 0 aliphatic heterocycles. The molecule has 0 saturated carbocycles. The van der Waals surface area contributed by atoms with Gasteiger partial charge in [-0.15, -0.1) is 11.6 Å². The second kappa shape index (κ2) is 6.75. The number of nitrogens with zero attached hydrogens (tertiary/aromatic N) is 1. The zero-order valence-electron chi connectivity index (χ0n) is 11.7. The van der Waals surface area contributed by atoms with Gasteiger partial charge < -0.3 is 4.74 Å². The molecular formula is C14H20ClNO3. The van der Waals surface area contributed by atoms with Crippen LogP contribution in [0.2, 0.25) is 0 Å². The number of nitro benzene ring substituents is 1. The Kier molecular flexibility index (Phi) is 5.60. The molecule has 1 aromatic rings. The maximum Gasteiger partial charge on any atom is 0.311 e. The van der Waals surface area contributed by atoms with E-state index in [-0.39, 0.29) is 22.7 Å². The number of rotatable bonds is 6. The fraction of sp³-hybridized carbons (Fsp3) is 0.571. The van der Waals surface area contributed by atoms with E-state index >= 15 is 0 Å². The highest BCUT2D eigenvalue weighted by atomic mass is 35.5. The van der Waals surface area contributed by atoms with Crippen LogP contribution in [0.5, 0.6) is 5.75 Å². The van der Waals surface area contributed by atoms with Crippen LogP contribution in [0.15, 0.2) is 18.2 Å². The molecule has 0 N–H and O–H groups in total. The van der Waals surface area contributed by atoms with Crippen LogP contribution in [0.25, 0.3) is 0 Å². The first-order valence-electron chi connectivity index (χ1n) is 6.32. The van der Waals surface area contributed by atoms with Crippen LogP contribution < -0.4 is 4.74 Å². The van der Waals surface area contributed by atoms with E-state index in [4.69, 9.17) is 16.3 Å². The molecule has 1 aromatic carbocycles. The van der Waals surface area contributed by atoms with Gasteiger partial charge in [-0.05, 0) is 36.8 Å². The first kappa shape index (κ1) is 15.8. The van der Waals surface area contributed by atoms with Crippen LogP contribution in [0, 0.1) is 22.0 Å². The Balaban J connectivity index is 3.02. The summed E-state index contributed by atoms with van der Waals surface area (Å²) in [6.45, 7) is 6.19. The van der Waals surface area contributed by atoms with Crippen molar-refractivity contribution in [3.63, 3.8) is 0 Å². The maximum absolute atomic E-state index is 11.0. The normalized spacial score (nSPS) is 14.2. The average Bonchev–Trinajstić information content (AvgIpc) is 2.34. The van der Waals surface area contributed by atoms with Gasteiger partial charge in [-0.1, -0.05) is 19.9 Å². The Hall–Kier alpha value is -1.29. The van der Waals surface area contributed by atoms with Crippen molar-refractivity contribution >= 4 is 17.3 Å². The third-order valence-electron chi connectivity index (χ3n) is 3.36. The highest BCUT2D eigenvalue weighted by Crippen LogP contribution is 2.31. The Morgan fingerprint density at radius 2 is 2.00 bits per heavy atom. The SMILES string of the molecule is COc1ccc(CC(C(C)C)C(C)Cl)cc1[N+](=O)[O-]. The molecular weight excluding hydrogens is 266 g/mol. The summed E-state index contributed by atoms with van der Waals surface area (Å²) in [5, 5.41) is 11.0. The number of ether oxygens (including phenoxy) is 1. The molecule has 0 spiro atoms. The minimum absolute atomic E-state index is 0.00438. The third kappa shape index (κ3) is 4.10. The van der Waals surface area contributed by atoms with Crippen LogP contribution >= 0.6 is 11.6 Å². The van der Waals surface area contributed by atoms with Gasteiger partial charge in [0.1, 0.15) is 0 Å².